The van der Waals surface area contributed by atoms with E-state index < -0.39 is 28.8 Å². The van der Waals surface area contributed by atoms with Crippen LogP contribution in [0.15, 0.2) is 89.5 Å². The van der Waals surface area contributed by atoms with Gasteiger partial charge in [-0.2, -0.15) is 5.26 Å². The highest BCUT2D eigenvalue weighted by Crippen LogP contribution is 2.38. The van der Waals surface area contributed by atoms with Crippen molar-refractivity contribution in [3.63, 3.8) is 0 Å². The van der Waals surface area contributed by atoms with E-state index in [1.54, 1.807) is 53.4 Å². The summed E-state index contributed by atoms with van der Waals surface area (Å²) in [5.41, 5.74) is 3.40. The Bertz CT molecular complexity index is 2040. The van der Waals surface area contributed by atoms with Crippen LogP contribution in [-0.2, 0) is 27.3 Å². The van der Waals surface area contributed by atoms with Crippen molar-refractivity contribution in [2.45, 2.75) is 69.8 Å². The van der Waals surface area contributed by atoms with Gasteiger partial charge in [0.1, 0.15) is 22.4 Å². The Hall–Kier alpha value is -5.38. The second kappa shape index (κ2) is 16.8. The SMILES string of the molecule is CCC(Sc1cccc(NC(=O)/C(=C\c2cccc(C)c2)NC(=O)c2ccccc2)c1)C(=O)Nc1sc2c(c1C#N)CCN(C(=O)OC(C)(C)C)C2. The second-order valence-electron chi connectivity index (χ2n) is 13.2. The van der Waals surface area contributed by atoms with Gasteiger partial charge < -0.3 is 25.6 Å². The number of amides is 4. The highest BCUT2D eigenvalue weighted by atomic mass is 32.2. The van der Waals surface area contributed by atoms with Gasteiger partial charge in [-0.1, -0.05) is 61.0 Å². The standard InChI is InChI=1S/C40H41N5O5S2/c1-6-33(37(48)44-38-31(23-41)30-18-19-45(24-34(30)52-38)39(49)50-40(3,4)5)51-29-17-11-16-28(22-29)42-36(47)32(21-26-13-10-12-25(2)20-26)43-35(46)27-14-8-7-9-15-27/h7-17,20-22,33H,6,18-19,24H2,1-5H3,(H,42,47)(H,43,46)(H,44,48)/b32-21+. The molecule has 1 unspecified atom stereocenters. The fourth-order valence-corrected chi connectivity index (χ4v) is 7.72. The molecule has 268 valence electrons. The summed E-state index contributed by atoms with van der Waals surface area (Å²) in [7, 11) is 0. The molecule has 1 aliphatic rings. The van der Waals surface area contributed by atoms with Crippen molar-refractivity contribution in [2.75, 3.05) is 17.2 Å². The van der Waals surface area contributed by atoms with Crippen molar-refractivity contribution in [1.82, 2.24) is 10.2 Å². The lowest BCUT2D eigenvalue weighted by Gasteiger charge is -2.29. The molecule has 4 aromatic rings. The van der Waals surface area contributed by atoms with E-state index in [1.165, 1.54) is 23.1 Å². The number of rotatable bonds is 10. The third kappa shape index (κ3) is 9.90. The summed E-state index contributed by atoms with van der Waals surface area (Å²) in [6.07, 6.45) is 2.21. The predicted octanol–water partition coefficient (Wildman–Crippen LogP) is 8.14. The zero-order valence-corrected chi connectivity index (χ0v) is 31.4. The third-order valence-corrected chi connectivity index (χ3v) is 10.5. The van der Waals surface area contributed by atoms with E-state index in [2.05, 4.69) is 22.0 Å². The van der Waals surface area contributed by atoms with Gasteiger partial charge in [0.2, 0.25) is 5.91 Å². The van der Waals surface area contributed by atoms with Gasteiger partial charge in [-0.15, -0.1) is 23.1 Å². The lowest BCUT2D eigenvalue weighted by atomic mass is 10.0. The maximum Gasteiger partial charge on any atom is 0.410 e. The molecule has 0 aliphatic carbocycles. The average Bonchev–Trinajstić information content (AvgIpc) is 3.46. The number of ether oxygens (including phenoxy) is 1. The van der Waals surface area contributed by atoms with E-state index in [-0.39, 0.29) is 11.6 Å². The average molecular weight is 736 g/mol. The molecule has 10 nitrogen and oxygen atoms in total. The highest BCUT2D eigenvalue weighted by molar-refractivity contribution is 8.00. The molecule has 3 aromatic carbocycles. The van der Waals surface area contributed by atoms with Crippen LogP contribution >= 0.6 is 23.1 Å². The summed E-state index contributed by atoms with van der Waals surface area (Å²) < 4.78 is 5.54. The summed E-state index contributed by atoms with van der Waals surface area (Å²) in [5, 5.41) is 18.6. The van der Waals surface area contributed by atoms with Gasteiger partial charge in [0, 0.05) is 27.6 Å². The van der Waals surface area contributed by atoms with Gasteiger partial charge in [0.05, 0.1) is 17.4 Å². The van der Waals surface area contributed by atoms with Crippen molar-refractivity contribution in [3.05, 3.63) is 117 Å². The molecule has 4 amide bonds. The van der Waals surface area contributed by atoms with Crippen LogP contribution in [0.5, 0.6) is 0 Å². The minimum absolute atomic E-state index is 0.0736. The zero-order chi connectivity index (χ0) is 37.4. The summed E-state index contributed by atoms with van der Waals surface area (Å²) in [6.45, 7) is 10.0. The number of carbonyl (C=O) groups is 4. The normalized spacial score (nSPS) is 13.3. The first-order valence-corrected chi connectivity index (χ1v) is 18.6. The number of fused-ring (bicyclic) bond motifs is 1. The Kier molecular flexibility index (Phi) is 12.2. The van der Waals surface area contributed by atoms with Gasteiger partial charge in [-0.3, -0.25) is 14.4 Å². The lowest BCUT2D eigenvalue weighted by Crippen LogP contribution is -2.39. The molecule has 0 bridgehead atoms. The van der Waals surface area contributed by atoms with Gasteiger partial charge in [0.15, 0.2) is 0 Å². The van der Waals surface area contributed by atoms with Crippen LogP contribution in [-0.4, -0.2) is 46.1 Å². The number of nitrogens with one attached hydrogen (secondary N) is 3. The first-order valence-electron chi connectivity index (χ1n) is 16.9. The lowest BCUT2D eigenvalue weighted by molar-refractivity contribution is -0.116. The summed E-state index contributed by atoms with van der Waals surface area (Å²) in [6, 6.07) is 25.7. The van der Waals surface area contributed by atoms with Gasteiger partial charge in [-0.25, -0.2) is 4.79 Å². The van der Waals surface area contributed by atoms with E-state index in [1.807, 2.05) is 71.0 Å². The number of nitriles is 1. The number of anilines is 2. The molecule has 3 N–H and O–H groups in total. The Morgan fingerprint density at radius 3 is 2.46 bits per heavy atom. The Morgan fingerprint density at radius 1 is 1.02 bits per heavy atom. The fourth-order valence-electron chi connectivity index (χ4n) is 5.49. The molecule has 0 saturated carbocycles. The van der Waals surface area contributed by atoms with Gasteiger partial charge >= 0.3 is 6.09 Å². The van der Waals surface area contributed by atoms with Crippen molar-refractivity contribution >= 4 is 63.7 Å². The molecule has 1 aliphatic heterocycles. The maximum absolute atomic E-state index is 13.6. The first-order chi connectivity index (χ1) is 24.8. The fraction of sp³-hybridized carbons (Fsp3) is 0.275. The quantitative estimate of drug-likeness (QED) is 0.110. The van der Waals surface area contributed by atoms with E-state index in [9.17, 15) is 24.4 Å². The number of aryl methyl sites for hydroxylation is 1. The number of nitrogens with zero attached hydrogens (tertiary/aromatic N) is 2. The first kappa shape index (κ1) is 37.9. The number of carbonyl (C=O) groups excluding carboxylic acids is 4. The molecule has 0 spiro atoms. The minimum Gasteiger partial charge on any atom is -0.444 e. The Morgan fingerprint density at radius 2 is 1.77 bits per heavy atom. The molecular weight excluding hydrogens is 695 g/mol. The predicted molar refractivity (Wildman–Crippen MR) is 206 cm³/mol. The van der Waals surface area contributed by atoms with E-state index in [0.717, 1.165) is 26.5 Å². The summed E-state index contributed by atoms with van der Waals surface area (Å²) in [4.78, 5) is 56.2. The molecule has 0 saturated heterocycles. The second-order valence-corrected chi connectivity index (χ2v) is 15.6. The van der Waals surface area contributed by atoms with Crippen LogP contribution in [0.1, 0.15) is 71.6 Å². The van der Waals surface area contributed by atoms with Gasteiger partial charge in [0.25, 0.3) is 11.8 Å². The number of hydrogen-bond acceptors (Lipinski definition) is 8. The van der Waals surface area contributed by atoms with Crippen LogP contribution < -0.4 is 16.0 Å². The molecule has 0 fully saturated rings. The van der Waals surface area contributed by atoms with Crippen LogP contribution in [0.4, 0.5) is 15.5 Å². The number of thiophene rings is 1. The molecule has 0 radical (unpaired) electrons. The Balaban J connectivity index is 1.28. The third-order valence-electron chi connectivity index (χ3n) is 7.97. The van der Waals surface area contributed by atoms with Gasteiger partial charge in [-0.05, 0) is 88.1 Å². The van der Waals surface area contributed by atoms with Crippen LogP contribution in [0.3, 0.4) is 0 Å². The van der Waals surface area contributed by atoms with Crippen molar-refractivity contribution in [1.29, 1.82) is 5.26 Å². The topological polar surface area (TPSA) is 141 Å². The molecule has 5 rings (SSSR count). The zero-order valence-electron chi connectivity index (χ0n) is 29.7. The molecule has 1 atom stereocenters. The molecular formula is C40H41N5O5S2. The monoisotopic (exact) mass is 735 g/mol. The largest absolute Gasteiger partial charge is 0.444 e. The molecule has 2 heterocycles. The number of hydrogen-bond donors (Lipinski definition) is 3. The van der Waals surface area contributed by atoms with E-state index >= 15 is 0 Å². The summed E-state index contributed by atoms with van der Waals surface area (Å²) >= 11 is 2.65. The highest BCUT2D eigenvalue weighted by Gasteiger charge is 2.31. The van der Waals surface area contributed by atoms with Crippen LogP contribution in [0.2, 0.25) is 0 Å². The van der Waals surface area contributed by atoms with Crippen LogP contribution in [0, 0.1) is 18.3 Å². The van der Waals surface area contributed by atoms with Crippen molar-refractivity contribution < 1.29 is 23.9 Å². The number of thioether (sulfide) groups is 1. The number of benzene rings is 3. The van der Waals surface area contributed by atoms with Crippen molar-refractivity contribution in [3.8, 4) is 6.07 Å². The molecule has 1 aromatic heterocycles. The Labute approximate surface area is 312 Å². The summed E-state index contributed by atoms with van der Waals surface area (Å²) in [5.74, 6) is -1.18. The van der Waals surface area contributed by atoms with E-state index in [0.29, 0.717) is 47.7 Å². The smallest absolute Gasteiger partial charge is 0.410 e. The molecule has 52 heavy (non-hydrogen) atoms. The molecule has 12 heteroatoms. The van der Waals surface area contributed by atoms with Crippen LogP contribution in [0.25, 0.3) is 6.08 Å². The van der Waals surface area contributed by atoms with Crippen molar-refractivity contribution in [2.24, 2.45) is 0 Å². The minimum atomic E-state index is -0.622. The van der Waals surface area contributed by atoms with E-state index in [4.69, 9.17) is 4.74 Å². The maximum atomic E-state index is 13.6.